The lowest BCUT2D eigenvalue weighted by atomic mass is 10.1. The number of rotatable bonds is 17. The minimum absolute atomic E-state index is 0.282. The molecule has 1 atom stereocenters. The quantitative estimate of drug-likeness (QED) is 0.277. The van der Waals surface area contributed by atoms with E-state index in [1.807, 2.05) is 0 Å². The van der Waals surface area contributed by atoms with Crippen LogP contribution in [-0.4, -0.2) is 42.4 Å². The van der Waals surface area contributed by atoms with Crippen LogP contribution in [-0.2, 0) is 0 Å². The van der Waals surface area contributed by atoms with Gasteiger partial charge in [0.15, 0.2) is 0 Å². The summed E-state index contributed by atoms with van der Waals surface area (Å²) in [5.74, 6) is 0. The molecule has 0 aromatic heterocycles. The molecule has 0 aliphatic carbocycles. The molecule has 25 heavy (non-hydrogen) atoms. The maximum Gasteiger partial charge on any atom is 0.0598 e. The van der Waals surface area contributed by atoms with Crippen LogP contribution in [0.4, 0.5) is 0 Å². The molecule has 2 N–H and O–H groups in total. The number of aliphatic hydroxyl groups is 1. The van der Waals surface area contributed by atoms with Gasteiger partial charge in [0, 0.05) is 19.6 Å². The van der Waals surface area contributed by atoms with E-state index in [0.717, 1.165) is 19.6 Å². The lowest BCUT2D eigenvalue weighted by Gasteiger charge is -2.22. The molecule has 1 saturated heterocycles. The van der Waals surface area contributed by atoms with Crippen molar-refractivity contribution in [2.75, 3.05) is 26.2 Å². The van der Waals surface area contributed by atoms with Gasteiger partial charge in [0.05, 0.1) is 12.8 Å². The molecular weight excluding hydrogens is 308 g/mol. The van der Waals surface area contributed by atoms with Crippen LogP contribution in [0, 0.1) is 0 Å². The Kier molecular flexibility index (Phi) is 15.5. The summed E-state index contributed by atoms with van der Waals surface area (Å²) in [6.07, 6.45) is 24.3. The highest BCUT2D eigenvalue weighted by Gasteiger charge is 2.22. The summed E-state index contributed by atoms with van der Waals surface area (Å²) >= 11 is 0. The lowest BCUT2D eigenvalue weighted by Crippen LogP contribution is -2.37. The Balaban J connectivity index is 1.80. The van der Waals surface area contributed by atoms with Crippen molar-refractivity contribution >= 4 is 0 Å². The smallest absolute Gasteiger partial charge is 0.0598 e. The van der Waals surface area contributed by atoms with E-state index >= 15 is 0 Å². The van der Waals surface area contributed by atoms with Crippen LogP contribution in [0.2, 0.25) is 0 Å². The SMILES string of the molecule is CCCCCCCC/C=C\CCCCCCCC1NCCN1CCO. The predicted molar refractivity (Wildman–Crippen MR) is 110 cm³/mol. The second-order valence-electron chi connectivity index (χ2n) is 7.60. The number of unbranched alkanes of at least 4 members (excludes halogenated alkanes) is 11. The molecule has 0 aromatic carbocycles. The van der Waals surface area contributed by atoms with Gasteiger partial charge in [-0.25, -0.2) is 0 Å². The van der Waals surface area contributed by atoms with Crippen LogP contribution in [0.25, 0.3) is 0 Å². The number of allylic oxidation sites excluding steroid dienone is 2. The minimum Gasteiger partial charge on any atom is -0.395 e. The third kappa shape index (κ3) is 12.6. The molecule has 0 aromatic rings. The molecule has 1 fully saturated rings. The first-order valence-corrected chi connectivity index (χ1v) is 11.1. The first kappa shape index (κ1) is 22.7. The van der Waals surface area contributed by atoms with Gasteiger partial charge in [-0.3, -0.25) is 4.90 Å². The highest BCUT2D eigenvalue weighted by Crippen LogP contribution is 2.14. The topological polar surface area (TPSA) is 35.5 Å². The first-order chi connectivity index (χ1) is 12.4. The van der Waals surface area contributed by atoms with Crippen molar-refractivity contribution in [3.05, 3.63) is 12.2 Å². The van der Waals surface area contributed by atoms with Gasteiger partial charge in [-0.05, 0) is 32.1 Å². The van der Waals surface area contributed by atoms with E-state index in [9.17, 15) is 0 Å². The molecule has 148 valence electrons. The third-order valence-electron chi connectivity index (χ3n) is 5.35. The zero-order valence-electron chi connectivity index (χ0n) is 16.9. The van der Waals surface area contributed by atoms with Crippen molar-refractivity contribution in [3.8, 4) is 0 Å². The zero-order chi connectivity index (χ0) is 18.0. The van der Waals surface area contributed by atoms with Gasteiger partial charge in [-0.2, -0.15) is 0 Å². The molecule has 1 aliphatic heterocycles. The van der Waals surface area contributed by atoms with E-state index < -0.39 is 0 Å². The van der Waals surface area contributed by atoms with Crippen molar-refractivity contribution in [3.63, 3.8) is 0 Å². The van der Waals surface area contributed by atoms with Gasteiger partial charge in [-0.1, -0.05) is 76.9 Å². The summed E-state index contributed by atoms with van der Waals surface area (Å²) in [7, 11) is 0. The van der Waals surface area contributed by atoms with E-state index in [-0.39, 0.29) is 6.61 Å². The van der Waals surface area contributed by atoms with Gasteiger partial charge in [-0.15, -0.1) is 0 Å². The summed E-state index contributed by atoms with van der Waals surface area (Å²) < 4.78 is 0. The lowest BCUT2D eigenvalue weighted by molar-refractivity contribution is 0.171. The van der Waals surface area contributed by atoms with Crippen molar-refractivity contribution in [2.24, 2.45) is 0 Å². The van der Waals surface area contributed by atoms with Crippen molar-refractivity contribution in [2.45, 2.75) is 103 Å². The Morgan fingerprint density at radius 2 is 1.48 bits per heavy atom. The number of hydrogen-bond donors (Lipinski definition) is 2. The van der Waals surface area contributed by atoms with Crippen LogP contribution in [0.3, 0.4) is 0 Å². The zero-order valence-corrected chi connectivity index (χ0v) is 16.9. The van der Waals surface area contributed by atoms with Gasteiger partial charge in [0.1, 0.15) is 0 Å². The van der Waals surface area contributed by atoms with Gasteiger partial charge < -0.3 is 10.4 Å². The van der Waals surface area contributed by atoms with E-state index in [4.69, 9.17) is 5.11 Å². The fraction of sp³-hybridized carbons (Fsp3) is 0.909. The first-order valence-electron chi connectivity index (χ1n) is 11.1. The van der Waals surface area contributed by atoms with Crippen LogP contribution < -0.4 is 5.32 Å². The third-order valence-corrected chi connectivity index (χ3v) is 5.35. The Morgan fingerprint density at radius 1 is 0.880 bits per heavy atom. The van der Waals surface area contributed by atoms with Crippen LogP contribution in [0.5, 0.6) is 0 Å². The summed E-state index contributed by atoms with van der Waals surface area (Å²) in [6.45, 7) is 5.56. The minimum atomic E-state index is 0.282. The molecule has 0 amide bonds. The largest absolute Gasteiger partial charge is 0.395 e. The number of β-amino-alcohol motifs (C(OH)–C–C–N with tert-alkyl or cyclic N) is 1. The Morgan fingerprint density at radius 3 is 2.12 bits per heavy atom. The molecule has 0 bridgehead atoms. The second-order valence-corrected chi connectivity index (χ2v) is 7.60. The summed E-state index contributed by atoms with van der Waals surface area (Å²) in [6, 6.07) is 0. The molecule has 1 aliphatic rings. The Hall–Kier alpha value is -0.380. The normalized spacial score (nSPS) is 18.6. The molecule has 0 spiro atoms. The van der Waals surface area contributed by atoms with Gasteiger partial charge in [0.25, 0.3) is 0 Å². The summed E-state index contributed by atoms with van der Waals surface area (Å²) in [5, 5.41) is 12.6. The van der Waals surface area contributed by atoms with E-state index in [1.54, 1.807) is 0 Å². The van der Waals surface area contributed by atoms with E-state index in [0.29, 0.717) is 6.17 Å². The summed E-state index contributed by atoms with van der Waals surface area (Å²) in [4.78, 5) is 2.38. The highest BCUT2D eigenvalue weighted by molar-refractivity contribution is 4.81. The van der Waals surface area contributed by atoms with Crippen LogP contribution >= 0.6 is 0 Å². The maximum atomic E-state index is 9.07. The molecule has 1 heterocycles. The number of aliphatic hydroxyl groups excluding tert-OH is 1. The number of nitrogens with zero attached hydrogens (tertiary/aromatic N) is 1. The number of nitrogens with one attached hydrogen (secondary N) is 1. The average molecular weight is 353 g/mol. The fourth-order valence-electron chi connectivity index (χ4n) is 3.75. The average Bonchev–Trinajstić information content (AvgIpc) is 3.06. The second kappa shape index (κ2) is 17.1. The van der Waals surface area contributed by atoms with E-state index in [2.05, 4.69) is 29.3 Å². The molecule has 0 radical (unpaired) electrons. The standard InChI is InChI=1S/C22H44N2O/c1-2-3-4-5-6-7-8-9-10-11-12-13-14-15-16-17-22-23-18-19-24(22)20-21-25/h9-10,22-23,25H,2-8,11-21H2,1H3/b10-9-. The molecule has 1 unspecified atom stereocenters. The molecule has 3 nitrogen and oxygen atoms in total. The van der Waals surface area contributed by atoms with Crippen molar-refractivity contribution in [1.82, 2.24) is 10.2 Å². The van der Waals surface area contributed by atoms with Crippen molar-refractivity contribution < 1.29 is 5.11 Å². The van der Waals surface area contributed by atoms with Gasteiger partial charge in [0.2, 0.25) is 0 Å². The van der Waals surface area contributed by atoms with Crippen LogP contribution in [0.15, 0.2) is 12.2 Å². The maximum absolute atomic E-state index is 9.07. The summed E-state index contributed by atoms with van der Waals surface area (Å²) in [5.41, 5.74) is 0. The van der Waals surface area contributed by atoms with Gasteiger partial charge >= 0.3 is 0 Å². The molecular formula is C22H44N2O. The van der Waals surface area contributed by atoms with E-state index in [1.165, 1.54) is 89.9 Å². The predicted octanol–water partition coefficient (Wildman–Crippen LogP) is 5.25. The van der Waals surface area contributed by atoms with Crippen LogP contribution in [0.1, 0.15) is 96.8 Å². The monoisotopic (exact) mass is 352 g/mol. The number of hydrogen-bond acceptors (Lipinski definition) is 3. The fourth-order valence-corrected chi connectivity index (χ4v) is 3.75. The molecule has 0 saturated carbocycles. The Bertz CT molecular complexity index is 306. The highest BCUT2D eigenvalue weighted by atomic mass is 16.3. The molecule has 3 heteroatoms. The van der Waals surface area contributed by atoms with Crippen molar-refractivity contribution in [1.29, 1.82) is 0 Å². The Labute approximate surface area is 157 Å². The molecule has 1 rings (SSSR count).